The van der Waals surface area contributed by atoms with Crippen LogP contribution in [0.3, 0.4) is 0 Å². The minimum absolute atomic E-state index is 0.0709. The summed E-state index contributed by atoms with van der Waals surface area (Å²) >= 11 is 0. The largest absolute Gasteiger partial charge is 0.504 e. The zero-order valence-electron chi connectivity index (χ0n) is 16.6. The van der Waals surface area contributed by atoms with Crippen LogP contribution < -0.4 is 15.0 Å². The Bertz CT molecular complexity index is 993. The van der Waals surface area contributed by atoms with E-state index in [1.54, 1.807) is 24.4 Å². The molecular formula is C21H23N2O8+. The van der Waals surface area contributed by atoms with Gasteiger partial charge in [-0.15, -0.1) is 0 Å². The number of aliphatic hydroxyl groups excluding tert-OH is 2. The fourth-order valence-electron chi connectivity index (χ4n) is 3.10. The molecule has 1 aromatic carbocycles. The van der Waals surface area contributed by atoms with Crippen molar-refractivity contribution in [2.75, 3.05) is 13.7 Å². The van der Waals surface area contributed by atoms with Crippen molar-refractivity contribution in [3.05, 3.63) is 59.9 Å². The number of methoxy groups -OCH3 is 1. The first-order chi connectivity index (χ1) is 14.8. The van der Waals surface area contributed by atoms with E-state index < -0.39 is 36.4 Å². The van der Waals surface area contributed by atoms with Crippen LogP contribution in [0.5, 0.6) is 11.5 Å². The Morgan fingerprint density at radius 1 is 1.26 bits per heavy atom. The molecule has 164 valence electrons. The molecule has 3 rings (SSSR count). The van der Waals surface area contributed by atoms with E-state index in [0.29, 0.717) is 11.3 Å². The molecule has 1 aliphatic rings. The number of carbonyl (C=O) groups excluding carboxylic acids is 2. The Hall–Kier alpha value is -3.47. The summed E-state index contributed by atoms with van der Waals surface area (Å²) in [7, 11) is 1.43. The number of aromatic hydroxyl groups is 1. The highest BCUT2D eigenvalue weighted by atomic mass is 16.6. The summed E-state index contributed by atoms with van der Waals surface area (Å²) < 4.78 is 17.1. The Balaban J connectivity index is 1.59. The molecule has 10 heteroatoms. The first kappa shape index (κ1) is 22.2. The average Bonchev–Trinajstić information content (AvgIpc) is 3.05. The summed E-state index contributed by atoms with van der Waals surface area (Å²) in [5.41, 5.74) is 6.01. The molecule has 2 heterocycles. The van der Waals surface area contributed by atoms with Crippen molar-refractivity contribution >= 4 is 18.0 Å². The maximum atomic E-state index is 12.0. The second-order valence-electron chi connectivity index (χ2n) is 6.85. The van der Waals surface area contributed by atoms with Crippen LogP contribution >= 0.6 is 0 Å². The predicted molar refractivity (Wildman–Crippen MR) is 106 cm³/mol. The summed E-state index contributed by atoms with van der Waals surface area (Å²) in [6.07, 6.45) is 0.944. The molecular weight excluding hydrogens is 408 g/mol. The second kappa shape index (κ2) is 9.56. The number of hydrogen-bond donors (Lipinski definition) is 4. The highest BCUT2D eigenvalue weighted by Crippen LogP contribution is 2.27. The number of rotatable bonds is 7. The van der Waals surface area contributed by atoms with Crippen LogP contribution in [0, 0.1) is 0 Å². The molecule has 31 heavy (non-hydrogen) atoms. The smallest absolute Gasteiger partial charge is 0.330 e. The molecule has 2 aromatic rings. The van der Waals surface area contributed by atoms with E-state index in [2.05, 4.69) is 0 Å². The van der Waals surface area contributed by atoms with Crippen molar-refractivity contribution in [1.82, 2.24) is 0 Å². The standard InChI is InChI=1S/C21H22N2O8/c1-29-15-6-4-12(9-14(15)24)5-7-17(25)30-11-16-18(26)19(27)21(31-16)23-8-2-3-13(10-23)20(22)28/h2-10,16,18-19,21,26-27H,11H2,1H3,(H2-,22,24,28)/p+1/b7-5+/t16-,18-,19-,21-/m1/s1. The lowest BCUT2D eigenvalue weighted by atomic mass is 10.1. The SMILES string of the molecule is COc1ccc(/C=C/C(=O)OC[C@H]2O[C@@H]([n+]3cccc(C(N)=O)c3)[C@H](O)[C@@H]2O)cc1O. The number of aromatic nitrogens is 1. The maximum Gasteiger partial charge on any atom is 0.330 e. The molecule has 1 amide bonds. The molecule has 0 aliphatic carbocycles. The van der Waals surface area contributed by atoms with Gasteiger partial charge in [-0.3, -0.25) is 4.79 Å². The number of esters is 1. The normalized spacial score (nSPS) is 23.1. The highest BCUT2D eigenvalue weighted by molar-refractivity contribution is 5.92. The van der Waals surface area contributed by atoms with Gasteiger partial charge in [0.2, 0.25) is 0 Å². The number of aliphatic hydroxyl groups is 2. The maximum absolute atomic E-state index is 12.0. The topological polar surface area (TPSA) is 152 Å². The van der Waals surface area contributed by atoms with E-state index in [4.69, 9.17) is 19.9 Å². The molecule has 1 aliphatic heterocycles. The van der Waals surface area contributed by atoms with Gasteiger partial charge in [0.15, 0.2) is 30.0 Å². The molecule has 5 N–H and O–H groups in total. The molecule has 0 radical (unpaired) electrons. The molecule has 10 nitrogen and oxygen atoms in total. The molecule has 1 fully saturated rings. The molecule has 0 bridgehead atoms. The van der Waals surface area contributed by atoms with Crippen LogP contribution in [0.15, 0.2) is 48.8 Å². The summed E-state index contributed by atoms with van der Waals surface area (Å²) in [6, 6.07) is 7.67. The van der Waals surface area contributed by atoms with Gasteiger partial charge in [-0.2, -0.15) is 4.57 Å². The number of carbonyl (C=O) groups is 2. The van der Waals surface area contributed by atoms with Gasteiger partial charge >= 0.3 is 5.97 Å². The Kier molecular flexibility index (Phi) is 6.85. The van der Waals surface area contributed by atoms with Gasteiger partial charge in [0.05, 0.1) is 7.11 Å². The van der Waals surface area contributed by atoms with Crippen molar-refractivity contribution < 1.29 is 43.7 Å². The molecule has 1 saturated heterocycles. The quantitative estimate of drug-likeness (QED) is 0.264. The number of nitrogens with zero attached hydrogens (tertiary/aromatic N) is 1. The number of pyridine rings is 1. The van der Waals surface area contributed by atoms with Crippen molar-refractivity contribution in [2.45, 2.75) is 24.5 Å². The Morgan fingerprint density at radius 3 is 2.71 bits per heavy atom. The van der Waals surface area contributed by atoms with Gasteiger partial charge in [-0.1, -0.05) is 6.07 Å². The van der Waals surface area contributed by atoms with Gasteiger partial charge in [0.1, 0.15) is 24.4 Å². The molecule has 0 saturated carbocycles. The summed E-state index contributed by atoms with van der Waals surface area (Å²) in [6.45, 7) is -0.304. The fourth-order valence-corrected chi connectivity index (χ4v) is 3.10. The molecule has 4 atom stereocenters. The van der Waals surface area contributed by atoms with Gasteiger partial charge in [0.25, 0.3) is 12.1 Å². The van der Waals surface area contributed by atoms with E-state index in [9.17, 15) is 24.9 Å². The van der Waals surface area contributed by atoms with Crippen molar-refractivity contribution in [3.8, 4) is 11.5 Å². The van der Waals surface area contributed by atoms with Gasteiger partial charge in [-0.05, 0) is 29.8 Å². The lowest BCUT2D eigenvalue weighted by Crippen LogP contribution is -2.46. The van der Waals surface area contributed by atoms with Crippen molar-refractivity contribution in [1.29, 1.82) is 0 Å². The number of phenolic OH excluding ortho intramolecular Hbond substituents is 1. The predicted octanol–water partition coefficient (Wildman–Crippen LogP) is -0.337. The van der Waals surface area contributed by atoms with Crippen molar-refractivity contribution in [2.24, 2.45) is 5.73 Å². The number of amides is 1. The van der Waals surface area contributed by atoms with Crippen LogP contribution in [-0.4, -0.2) is 59.2 Å². The van der Waals surface area contributed by atoms with E-state index in [1.807, 2.05) is 0 Å². The number of hydrogen-bond acceptors (Lipinski definition) is 8. The van der Waals surface area contributed by atoms with E-state index >= 15 is 0 Å². The third kappa shape index (κ3) is 5.18. The van der Waals surface area contributed by atoms with Gasteiger partial charge in [-0.25, -0.2) is 4.79 Å². The second-order valence-corrected chi connectivity index (χ2v) is 6.85. The summed E-state index contributed by atoms with van der Waals surface area (Å²) in [5.74, 6) is -1.12. The monoisotopic (exact) mass is 431 g/mol. The zero-order valence-corrected chi connectivity index (χ0v) is 16.6. The number of primary amides is 1. The highest BCUT2D eigenvalue weighted by Gasteiger charge is 2.48. The molecule has 0 unspecified atom stereocenters. The first-order valence-electron chi connectivity index (χ1n) is 9.34. The van der Waals surface area contributed by atoms with Gasteiger partial charge < -0.3 is 35.3 Å². The molecule has 1 aromatic heterocycles. The summed E-state index contributed by atoms with van der Waals surface area (Å²) in [4.78, 5) is 23.3. The van der Waals surface area contributed by atoms with Crippen LogP contribution in [-0.2, 0) is 14.3 Å². The zero-order chi connectivity index (χ0) is 22.5. The first-order valence-corrected chi connectivity index (χ1v) is 9.34. The van der Waals surface area contributed by atoms with Crippen LogP contribution in [0.25, 0.3) is 6.08 Å². The number of phenols is 1. The van der Waals surface area contributed by atoms with E-state index in [-0.39, 0.29) is 17.9 Å². The minimum atomic E-state index is -1.31. The van der Waals surface area contributed by atoms with E-state index in [1.165, 1.54) is 36.1 Å². The van der Waals surface area contributed by atoms with Crippen LogP contribution in [0.2, 0.25) is 0 Å². The lowest BCUT2D eigenvalue weighted by molar-refractivity contribution is -0.765. The minimum Gasteiger partial charge on any atom is -0.504 e. The number of ether oxygens (including phenoxy) is 3. The number of nitrogens with two attached hydrogens (primary N) is 1. The van der Waals surface area contributed by atoms with E-state index in [0.717, 1.165) is 6.08 Å². The van der Waals surface area contributed by atoms with Crippen molar-refractivity contribution in [3.63, 3.8) is 0 Å². The lowest BCUT2D eigenvalue weighted by Gasteiger charge is -2.12. The number of benzene rings is 1. The van der Waals surface area contributed by atoms with Crippen LogP contribution in [0.4, 0.5) is 0 Å². The third-order valence-corrected chi connectivity index (χ3v) is 4.74. The Labute approximate surface area is 177 Å². The third-order valence-electron chi connectivity index (χ3n) is 4.74. The Morgan fingerprint density at radius 2 is 2.03 bits per heavy atom. The van der Waals surface area contributed by atoms with Gasteiger partial charge in [0, 0.05) is 12.1 Å². The average molecular weight is 431 g/mol. The summed E-state index contributed by atoms with van der Waals surface area (Å²) in [5, 5.41) is 30.3. The fraction of sp³-hybridized carbons (Fsp3) is 0.286. The molecule has 0 spiro atoms. The van der Waals surface area contributed by atoms with Crippen LogP contribution in [0.1, 0.15) is 22.1 Å².